The zero-order chi connectivity index (χ0) is 15.9. The van der Waals surface area contributed by atoms with Crippen LogP contribution in [0.25, 0.3) is 10.2 Å². The highest BCUT2D eigenvalue weighted by molar-refractivity contribution is 7.88. The smallest absolute Gasteiger partial charge is 0.244 e. The van der Waals surface area contributed by atoms with Crippen molar-refractivity contribution in [3.8, 4) is 0 Å². The second-order valence-electron chi connectivity index (χ2n) is 5.15. The third-order valence-corrected chi connectivity index (χ3v) is 5.97. The summed E-state index contributed by atoms with van der Waals surface area (Å²) in [7, 11) is -3.38. The fourth-order valence-corrected chi connectivity index (χ4v) is 4.81. The highest BCUT2D eigenvalue weighted by atomic mass is 35.5. The van der Waals surface area contributed by atoms with Crippen LogP contribution >= 0.6 is 22.9 Å². The van der Waals surface area contributed by atoms with E-state index in [0.29, 0.717) is 29.5 Å². The number of aromatic nitrogens is 1. The van der Waals surface area contributed by atoms with Crippen LogP contribution < -0.4 is 5.32 Å². The molecule has 2 aromatic rings. The first-order chi connectivity index (χ1) is 10.3. The number of benzene rings is 1. The van der Waals surface area contributed by atoms with Crippen molar-refractivity contribution in [3.63, 3.8) is 0 Å². The number of hydrogen-bond donors (Lipinski definition) is 1. The van der Waals surface area contributed by atoms with Crippen molar-refractivity contribution < 1.29 is 13.2 Å². The van der Waals surface area contributed by atoms with Crippen LogP contribution in [0.3, 0.4) is 0 Å². The second kappa shape index (κ2) is 5.77. The Morgan fingerprint density at radius 3 is 3.00 bits per heavy atom. The minimum absolute atomic E-state index is 0.340. The molecule has 0 aliphatic carbocycles. The van der Waals surface area contributed by atoms with Gasteiger partial charge in [-0.2, -0.15) is 4.31 Å². The number of amides is 1. The van der Waals surface area contributed by atoms with Gasteiger partial charge >= 0.3 is 0 Å². The molecule has 1 aromatic carbocycles. The maximum absolute atomic E-state index is 12.3. The zero-order valence-electron chi connectivity index (χ0n) is 11.7. The van der Waals surface area contributed by atoms with E-state index in [1.54, 1.807) is 18.2 Å². The standard InChI is InChI=1S/C13H14ClN3O3S2/c1-22(19,20)17-6-2-3-10(17)12(18)16-13-15-9-5-4-8(14)7-11(9)21-13/h4-5,7,10H,2-3,6H2,1H3,(H,15,16,18)/t10-/m0/s1. The largest absolute Gasteiger partial charge is 0.301 e. The van der Waals surface area contributed by atoms with E-state index in [-0.39, 0.29) is 5.91 Å². The summed E-state index contributed by atoms with van der Waals surface area (Å²) in [5, 5.41) is 3.77. The summed E-state index contributed by atoms with van der Waals surface area (Å²) >= 11 is 7.24. The lowest BCUT2D eigenvalue weighted by molar-refractivity contribution is -0.119. The van der Waals surface area contributed by atoms with Gasteiger partial charge in [-0.15, -0.1) is 0 Å². The molecule has 9 heteroatoms. The minimum atomic E-state index is -3.38. The predicted octanol–water partition coefficient (Wildman–Crippen LogP) is 2.31. The highest BCUT2D eigenvalue weighted by Crippen LogP contribution is 2.29. The summed E-state index contributed by atoms with van der Waals surface area (Å²) in [4.78, 5) is 16.7. The average Bonchev–Trinajstić information content (AvgIpc) is 3.02. The van der Waals surface area contributed by atoms with Crippen molar-refractivity contribution in [1.82, 2.24) is 9.29 Å². The van der Waals surface area contributed by atoms with Crippen LogP contribution in [0.4, 0.5) is 5.13 Å². The molecule has 1 aliphatic heterocycles. The molecule has 6 nitrogen and oxygen atoms in total. The van der Waals surface area contributed by atoms with Crippen molar-refractivity contribution in [3.05, 3.63) is 23.2 Å². The molecule has 0 unspecified atom stereocenters. The number of sulfonamides is 1. The number of anilines is 1. The van der Waals surface area contributed by atoms with Crippen molar-refractivity contribution in [1.29, 1.82) is 0 Å². The fraction of sp³-hybridized carbons (Fsp3) is 0.385. The number of carbonyl (C=O) groups is 1. The first kappa shape index (κ1) is 15.7. The molecule has 0 saturated carbocycles. The molecular formula is C13H14ClN3O3S2. The van der Waals surface area contributed by atoms with E-state index in [1.807, 2.05) is 0 Å². The topological polar surface area (TPSA) is 79.4 Å². The summed E-state index contributed by atoms with van der Waals surface area (Å²) in [6.07, 6.45) is 2.33. The van der Waals surface area contributed by atoms with Gasteiger partial charge in [0.2, 0.25) is 15.9 Å². The monoisotopic (exact) mass is 359 g/mol. The van der Waals surface area contributed by atoms with Gasteiger partial charge < -0.3 is 5.32 Å². The molecule has 2 heterocycles. The first-order valence-corrected chi connectivity index (χ1v) is 9.72. The van der Waals surface area contributed by atoms with Crippen LogP contribution in [0, 0.1) is 0 Å². The molecule has 1 amide bonds. The highest BCUT2D eigenvalue weighted by Gasteiger charge is 2.36. The maximum Gasteiger partial charge on any atom is 0.244 e. The van der Waals surface area contributed by atoms with Gasteiger partial charge in [-0.05, 0) is 31.0 Å². The molecule has 0 bridgehead atoms. The van der Waals surface area contributed by atoms with Gasteiger partial charge in [-0.1, -0.05) is 22.9 Å². The Hall–Kier alpha value is -1.22. The van der Waals surface area contributed by atoms with E-state index >= 15 is 0 Å². The van der Waals surface area contributed by atoms with E-state index in [2.05, 4.69) is 10.3 Å². The van der Waals surface area contributed by atoms with E-state index in [9.17, 15) is 13.2 Å². The Labute approximate surface area is 137 Å². The van der Waals surface area contributed by atoms with Crippen LogP contribution in [0.2, 0.25) is 5.02 Å². The molecule has 22 heavy (non-hydrogen) atoms. The number of fused-ring (bicyclic) bond motifs is 1. The summed E-state index contributed by atoms with van der Waals surface area (Å²) < 4.78 is 25.5. The summed E-state index contributed by atoms with van der Waals surface area (Å²) in [5.74, 6) is -0.340. The third kappa shape index (κ3) is 3.10. The quantitative estimate of drug-likeness (QED) is 0.912. The van der Waals surface area contributed by atoms with Crippen LogP contribution in [0.5, 0.6) is 0 Å². The van der Waals surface area contributed by atoms with Crippen LogP contribution in [-0.2, 0) is 14.8 Å². The zero-order valence-corrected chi connectivity index (χ0v) is 14.1. The molecule has 1 aromatic heterocycles. The van der Waals surface area contributed by atoms with E-state index in [0.717, 1.165) is 16.5 Å². The van der Waals surface area contributed by atoms with Gasteiger partial charge in [-0.25, -0.2) is 13.4 Å². The molecular weight excluding hydrogens is 346 g/mol. The summed E-state index contributed by atoms with van der Waals surface area (Å²) in [6.45, 7) is 0.381. The predicted molar refractivity (Wildman–Crippen MR) is 87.8 cm³/mol. The van der Waals surface area contributed by atoms with Crippen LogP contribution in [-0.4, -0.2) is 42.5 Å². The Balaban J connectivity index is 1.80. The number of rotatable bonds is 3. The summed E-state index contributed by atoms with van der Waals surface area (Å²) in [6, 6.07) is 4.63. The summed E-state index contributed by atoms with van der Waals surface area (Å²) in [5.41, 5.74) is 0.746. The van der Waals surface area contributed by atoms with E-state index < -0.39 is 16.1 Å². The lowest BCUT2D eigenvalue weighted by Crippen LogP contribution is -2.42. The lowest BCUT2D eigenvalue weighted by atomic mass is 10.2. The Kier molecular flexibility index (Phi) is 4.11. The maximum atomic E-state index is 12.3. The number of hydrogen-bond acceptors (Lipinski definition) is 5. The molecule has 1 fully saturated rings. The van der Waals surface area contributed by atoms with Gasteiger partial charge in [0.05, 0.1) is 16.5 Å². The SMILES string of the molecule is CS(=O)(=O)N1CCC[C@H]1C(=O)Nc1nc2ccc(Cl)cc2s1. The molecule has 0 spiro atoms. The fourth-order valence-electron chi connectivity index (χ4n) is 2.54. The first-order valence-electron chi connectivity index (χ1n) is 6.68. The van der Waals surface area contributed by atoms with Gasteiger partial charge in [0.1, 0.15) is 6.04 Å². The normalized spacial score (nSPS) is 19.6. The van der Waals surface area contributed by atoms with E-state index in [1.165, 1.54) is 15.6 Å². The van der Waals surface area contributed by atoms with Crippen molar-refractivity contribution in [2.75, 3.05) is 18.1 Å². The molecule has 0 radical (unpaired) electrons. The number of nitrogens with one attached hydrogen (secondary N) is 1. The Morgan fingerprint density at radius 2 is 2.27 bits per heavy atom. The molecule has 1 atom stereocenters. The third-order valence-electron chi connectivity index (χ3n) is 3.51. The molecule has 1 N–H and O–H groups in total. The lowest BCUT2D eigenvalue weighted by Gasteiger charge is -2.20. The molecule has 1 aliphatic rings. The van der Waals surface area contributed by atoms with Crippen molar-refractivity contribution in [2.45, 2.75) is 18.9 Å². The van der Waals surface area contributed by atoms with Crippen molar-refractivity contribution in [2.24, 2.45) is 0 Å². The second-order valence-corrected chi connectivity index (χ2v) is 8.55. The van der Waals surface area contributed by atoms with E-state index in [4.69, 9.17) is 11.6 Å². The van der Waals surface area contributed by atoms with Crippen molar-refractivity contribution >= 4 is 54.2 Å². The molecule has 118 valence electrons. The number of nitrogens with zero attached hydrogens (tertiary/aromatic N) is 2. The van der Waals surface area contributed by atoms with Gasteiger partial charge in [-0.3, -0.25) is 4.79 Å². The molecule has 1 saturated heterocycles. The van der Waals surface area contributed by atoms with Crippen LogP contribution in [0.15, 0.2) is 18.2 Å². The molecule has 3 rings (SSSR count). The number of halogens is 1. The minimum Gasteiger partial charge on any atom is -0.301 e. The Bertz CT molecular complexity index is 834. The van der Waals surface area contributed by atoms with Gasteiger partial charge in [0, 0.05) is 11.6 Å². The van der Waals surface area contributed by atoms with Gasteiger partial charge in [0.25, 0.3) is 0 Å². The number of carbonyl (C=O) groups excluding carboxylic acids is 1. The number of thiazole rings is 1. The van der Waals surface area contributed by atoms with Crippen LogP contribution in [0.1, 0.15) is 12.8 Å². The Morgan fingerprint density at radius 1 is 1.50 bits per heavy atom. The average molecular weight is 360 g/mol. The van der Waals surface area contributed by atoms with Gasteiger partial charge in [0.15, 0.2) is 5.13 Å².